The lowest BCUT2D eigenvalue weighted by Gasteiger charge is -2.35. The van der Waals surface area contributed by atoms with Crippen LogP contribution < -0.4 is 11.1 Å². The lowest BCUT2D eigenvalue weighted by Crippen LogP contribution is -2.51. The third-order valence-electron chi connectivity index (χ3n) is 6.35. The quantitative estimate of drug-likeness (QED) is 0.603. The second kappa shape index (κ2) is 11.7. The average molecular weight is 454 g/mol. The van der Waals surface area contributed by atoms with Crippen molar-refractivity contribution < 1.29 is 19.1 Å². The molecule has 0 heterocycles. The van der Waals surface area contributed by atoms with Crippen LogP contribution in [-0.2, 0) is 20.7 Å². The maximum atomic E-state index is 13.0. The van der Waals surface area contributed by atoms with Crippen molar-refractivity contribution in [2.45, 2.75) is 64.5 Å². The topological polar surface area (TPSA) is 102 Å². The Morgan fingerprint density at radius 1 is 1.09 bits per heavy atom. The van der Waals surface area contributed by atoms with E-state index in [1.807, 2.05) is 42.5 Å². The van der Waals surface area contributed by atoms with Crippen LogP contribution in [0.4, 0.5) is 4.79 Å². The summed E-state index contributed by atoms with van der Waals surface area (Å²) in [6.45, 7) is 4.07. The normalized spacial score (nSPS) is 16.1. The molecule has 1 aliphatic rings. The van der Waals surface area contributed by atoms with Gasteiger partial charge in [-0.05, 0) is 36.1 Å². The third kappa shape index (κ3) is 6.70. The van der Waals surface area contributed by atoms with Crippen LogP contribution >= 0.6 is 0 Å². The molecule has 3 amide bonds. The van der Waals surface area contributed by atoms with Crippen LogP contribution in [0.15, 0.2) is 42.5 Å². The summed E-state index contributed by atoms with van der Waals surface area (Å²) < 4.78 is 5.25. The number of nitrogens with zero attached hydrogens (tertiary/aromatic N) is 1. The molecule has 0 radical (unpaired) electrons. The van der Waals surface area contributed by atoms with Crippen LogP contribution in [0.5, 0.6) is 0 Å². The van der Waals surface area contributed by atoms with Crippen molar-refractivity contribution in [3.8, 4) is 0 Å². The molecule has 0 aliphatic heterocycles. The van der Waals surface area contributed by atoms with Crippen molar-refractivity contribution in [1.82, 2.24) is 10.2 Å². The van der Waals surface area contributed by atoms with Crippen molar-refractivity contribution in [2.24, 2.45) is 11.7 Å². The Balaban J connectivity index is 1.66. The predicted octanol–water partition coefficient (Wildman–Crippen LogP) is 3.78. The summed E-state index contributed by atoms with van der Waals surface area (Å²) in [4.78, 5) is 39.3. The van der Waals surface area contributed by atoms with E-state index in [1.165, 1.54) is 0 Å². The fourth-order valence-corrected chi connectivity index (χ4v) is 4.49. The summed E-state index contributed by atoms with van der Waals surface area (Å²) in [5.74, 6) is -1.39. The summed E-state index contributed by atoms with van der Waals surface area (Å²) in [6, 6.07) is 13.2. The van der Waals surface area contributed by atoms with Crippen molar-refractivity contribution in [3.63, 3.8) is 0 Å². The van der Waals surface area contributed by atoms with Crippen molar-refractivity contribution >= 4 is 28.7 Å². The van der Waals surface area contributed by atoms with Gasteiger partial charge in [-0.1, -0.05) is 68.7 Å². The van der Waals surface area contributed by atoms with Crippen LogP contribution in [0, 0.1) is 5.92 Å². The standard InChI is InChI=1S/C26H35N3O4/c1-3-33-26(32)29(22-11-5-4-6-12-22)17-18(2)25(31)28-23(24(27)30)16-19-13-14-20-9-7-8-10-21(20)15-19/h7-10,13-15,18,22-23H,3-6,11-12,16-17H2,1-2H3,(H2,27,30)(H,28,31). The van der Waals surface area contributed by atoms with Gasteiger partial charge in [-0.2, -0.15) is 0 Å². The maximum Gasteiger partial charge on any atom is 0.410 e. The minimum absolute atomic E-state index is 0.0811. The van der Waals surface area contributed by atoms with Crippen LogP contribution in [0.1, 0.15) is 51.5 Å². The van der Waals surface area contributed by atoms with Crippen molar-refractivity contribution in [1.29, 1.82) is 0 Å². The smallest absolute Gasteiger partial charge is 0.410 e. The van der Waals surface area contributed by atoms with E-state index in [1.54, 1.807) is 18.7 Å². The molecule has 2 atom stereocenters. The van der Waals surface area contributed by atoms with Gasteiger partial charge in [0.2, 0.25) is 11.8 Å². The number of fused-ring (bicyclic) bond motifs is 1. The predicted molar refractivity (Wildman–Crippen MR) is 129 cm³/mol. The summed E-state index contributed by atoms with van der Waals surface area (Å²) in [5.41, 5.74) is 6.53. The average Bonchev–Trinajstić information content (AvgIpc) is 2.82. The Morgan fingerprint density at radius 2 is 1.79 bits per heavy atom. The zero-order valence-corrected chi connectivity index (χ0v) is 19.6. The number of nitrogens with two attached hydrogens (primary N) is 1. The Hall–Kier alpha value is -3.09. The van der Waals surface area contributed by atoms with Gasteiger partial charge in [-0.15, -0.1) is 0 Å². The second-order valence-electron chi connectivity index (χ2n) is 8.89. The largest absolute Gasteiger partial charge is 0.450 e. The first-order valence-corrected chi connectivity index (χ1v) is 11.9. The molecule has 1 saturated carbocycles. The molecule has 0 saturated heterocycles. The molecule has 178 valence electrons. The van der Waals surface area contributed by atoms with Crippen LogP contribution in [0.25, 0.3) is 10.8 Å². The van der Waals surface area contributed by atoms with E-state index in [0.29, 0.717) is 6.42 Å². The molecule has 2 aromatic carbocycles. The number of nitrogens with one attached hydrogen (secondary N) is 1. The molecule has 33 heavy (non-hydrogen) atoms. The van der Waals surface area contributed by atoms with Crippen LogP contribution in [0.2, 0.25) is 0 Å². The summed E-state index contributed by atoms with van der Waals surface area (Å²) in [7, 11) is 0. The molecule has 7 nitrogen and oxygen atoms in total. The van der Waals surface area contributed by atoms with Gasteiger partial charge in [0.15, 0.2) is 0 Å². The van der Waals surface area contributed by atoms with Crippen molar-refractivity contribution in [3.05, 3.63) is 48.0 Å². The molecule has 0 spiro atoms. The highest BCUT2D eigenvalue weighted by Crippen LogP contribution is 2.24. The van der Waals surface area contributed by atoms with E-state index < -0.39 is 17.9 Å². The first-order valence-electron chi connectivity index (χ1n) is 11.9. The Kier molecular flexibility index (Phi) is 8.69. The van der Waals surface area contributed by atoms with E-state index in [4.69, 9.17) is 10.5 Å². The van der Waals surface area contributed by atoms with E-state index >= 15 is 0 Å². The number of hydrogen-bond acceptors (Lipinski definition) is 4. The summed E-state index contributed by atoms with van der Waals surface area (Å²) in [6.07, 6.45) is 5.05. The number of carbonyl (C=O) groups is 3. The first-order chi connectivity index (χ1) is 15.9. The lowest BCUT2D eigenvalue weighted by molar-refractivity contribution is -0.130. The molecule has 2 aromatic rings. The van der Waals surface area contributed by atoms with Gasteiger partial charge in [-0.3, -0.25) is 9.59 Å². The number of rotatable bonds is 9. The number of carbonyl (C=O) groups excluding carboxylic acids is 3. The maximum absolute atomic E-state index is 13.0. The fraction of sp³-hybridized carbons (Fsp3) is 0.500. The van der Waals surface area contributed by atoms with Gasteiger partial charge in [0.05, 0.1) is 12.5 Å². The lowest BCUT2D eigenvalue weighted by atomic mass is 9.93. The van der Waals surface area contributed by atoms with Crippen LogP contribution in [0.3, 0.4) is 0 Å². The molecule has 0 bridgehead atoms. The number of hydrogen-bond donors (Lipinski definition) is 2. The third-order valence-corrected chi connectivity index (χ3v) is 6.35. The zero-order chi connectivity index (χ0) is 23.8. The van der Waals surface area contributed by atoms with Gasteiger partial charge >= 0.3 is 6.09 Å². The molecule has 1 fully saturated rings. The minimum atomic E-state index is -0.827. The van der Waals surface area contributed by atoms with Gasteiger partial charge in [0.1, 0.15) is 6.04 Å². The molecule has 2 unspecified atom stereocenters. The summed E-state index contributed by atoms with van der Waals surface area (Å²) >= 11 is 0. The highest BCUT2D eigenvalue weighted by atomic mass is 16.6. The Bertz CT molecular complexity index is 971. The minimum Gasteiger partial charge on any atom is -0.450 e. The monoisotopic (exact) mass is 453 g/mol. The van der Waals surface area contributed by atoms with Gasteiger partial charge < -0.3 is 20.7 Å². The molecule has 1 aliphatic carbocycles. The molecule has 7 heteroatoms. The van der Waals surface area contributed by atoms with Crippen molar-refractivity contribution in [2.75, 3.05) is 13.2 Å². The Labute approximate surface area is 195 Å². The molecular weight excluding hydrogens is 418 g/mol. The summed E-state index contributed by atoms with van der Waals surface area (Å²) in [5, 5.41) is 4.97. The van der Waals surface area contributed by atoms with E-state index in [-0.39, 0.29) is 31.2 Å². The Morgan fingerprint density at radius 3 is 2.45 bits per heavy atom. The van der Waals surface area contributed by atoms with Gasteiger partial charge in [0.25, 0.3) is 0 Å². The van der Waals surface area contributed by atoms with Gasteiger partial charge in [0, 0.05) is 19.0 Å². The number of ether oxygens (including phenoxy) is 1. The van der Waals surface area contributed by atoms with E-state index in [0.717, 1.165) is 48.4 Å². The van der Waals surface area contributed by atoms with E-state index in [2.05, 4.69) is 5.32 Å². The highest BCUT2D eigenvalue weighted by molar-refractivity contribution is 5.88. The van der Waals surface area contributed by atoms with Crippen LogP contribution in [-0.4, -0.2) is 48.0 Å². The number of benzene rings is 2. The highest BCUT2D eigenvalue weighted by Gasteiger charge is 2.30. The van der Waals surface area contributed by atoms with E-state index in [9.17, 15) is 14.4 Å². The zero-order valence-electron chi connectivity index (χ0n) is 19.6. The number of primary amides is 1. The second-order valence-corrected chi connectivity index (χ2v) is 8.89. The first kappa shape index (κ1) is 24.6. The molecular formula is C26H35N3O4. The SMILES string of the molecule is CCOC(=O)N(CC(C)C(=O)NC(Cc1ccc2ccccc2c1)C(N)=O)C1CCCCC1. The molecule has 3 N–H and O–H groups in total. The molecule has 0 aromatic heterocycles. The molecule has 3 rings (SSSR count). The number of amides is 3. The fourth-order valence-electron chi connectivity index (χ4n) is 4.49. The van der Waals surface area contributed by atoms with Gasteiger partial charge in [-0.25, -0.2) is 4.79 Å².